The Labute approximate surface area is 295 Å². The molecule has 13 atom stereocenters. The third-order valence-corrected chi connectivity index (χ3v) is 16.6. The number of ketones is 2. The van der Waals surface area contributed by atoms with Crippen LogP contribution in [0.25, 0.3) is 0 Å². The summed E-state index contributed by atoms with van der Waals surface area (Å²) >= 11 is 0. The van der Waals surface area contributed by atoms with Crippen LogP contribution in [0.15, 0.2) is 23.5 Å². The Morgan fingerprint density at radius 1 is 1.06 bits per heavy atom. The summed E-state index contributed by atoms with van der Waals surface area (Å²) in [5.41, 5.74) is -4.56. The second-order valence-corrected chi connectivity index (χ2v) is 18.9. The van der Waals surface area contributed by atoms with Crippen molar-refractivity contribution in [2.75, 3.05) is 24.8 Å². The molecule has 8 rings (SSSR count). The summed E-state index contributed by atoms with van der Waals surface area (Å²) in [6.07, 6.45) is 6.18. The molecule has 13 unspecified atom stereocenters. The van der Waals surface area contributed by atoms with Crippen LogP contribution in [-0.4, -0.2) is 104 Å². The van der Waals surface area contributed by atoms with Gasteiger partial charge in [0, 0.05) is 24.5 Å². The molecule has 11 nitrogen and oxygen atoms in total. The second-order valence-electron chi connectivity index (χ2n) is 16.4. The first kappa shape index (κ1) is 35.1. The minimum Gasteiger partial charge on any atom is -0.511 e. The molecule has 0 amide bonds. The highest BCUT2D eigenvalue weighted by Crippen LogP contribution is 2.63. The molecule has 4 saturated carbocycles. The van der Waals surface area contributed by atoms with Crippen LogP contribution in [0.5, 0.6) is 0 Å². The van der Waals surface area contributed by atoms with Crippen molar-refractivity contribution < 1.29 is 49.9 Å². The van der Waals surface area contributed by atoms with Gasteiger partial charge in [-0.15, -0.1) is 0 Å². The molecule has 49 heavy (non-hydrogen) atoms. The number of ether oxygens (including phenoxy) is 2. The Bertz CT molecular complexity index is 1410. The molecule has 0 aromatic heterocycles. The van der Waals surface area contributed by atoms with E-state index in [-0.39, 0.29) is 40.6 Å². The van der Waals surface area contributed by atoms with Crippen molar-refractivity contribution >= 4 is 33.2 Å². The molecular formula is C36H53N2O9S2+. The molecule has 7 bridgehead atoms. The smallest absolute Gasteiger partial charge is 0.187 e. The van der Waals surface area contributed by atoms with Gasteiger partial charge in [-0.05, 0) is 68.8 Å². The number of hydrogen-bond acceptors (Lipinski definition) is 12. The van der Waals surface area contributed by atoms with E-state index in [1.54, 1.807) is 16.9 Å². The molecule has 0 aromatic rings. The van der Waals surface area contributed by atoms with Crippen molar-refractivity contribution in [2.45, 2.75) is 120 Å². The molecule has 3 heterocycles. The summed E-state index contributed by atoms with van der Waals surface area (Å²) in [7, 11) is 3.10. The summed E-state index contributed by atoms with van der Waals surface area (Å²) in [6.45, 7) is 2.19. The standard InChI is InChI=1S/C36H52N2O9S2/c1-19-13-22-28(41)21-5-4-6-23-27(21)29(42)35(22,25(40)14-19)17-48-49-18-38-26-15-20(8-12-37-26)33(9-2-3-10-33)24-7-11-34(16-39)32(44)36(24,45)30(43)31(46-23)47-34/h13-14,20-24,26-27,30-32,37-40,43-45H,2-12,15-18H2,1H3/p+1. The Morgan fingerprint density at radius 3 is 2.63 bits per heavy atom. The highest BCUT2D eigenvalue weighted by Gasteiger charge is 2.72. The average molecular weight is 722 g/mol. The van der Waals surface area contributed by atoms with Crippen LogP contribution in [-0.2, 0) is 19.1 Å². The van der Waals surface area contributed by atoms with Gasteiger partial charge in [-0.1, -0.05) is 52.5 Å². The fourth-order valence-corrected chi connectivity index (χ4v) is 14.4. The van der Waals surface area contributed by atoms with Crippen molar-refractivity contribution in [3.63, 3.8) is 0 Å². The number of Topliss-reactive ketones (excluding diaryl/α,β-unsaturated/α-hetero) is 2. The third-order valence-electron chi connectivity index (χ3n) is 14.4. The van der Waals surface area contributed by atoms with Crippen LogP contribution in [0.4, 0.5) is 0 Å². The number of allylic oxidation sites excluding steroid dienone is 4. The largest absolute Gasteiger partial charge is 0.511 e. The number of fused-ring (bicyclic) bond motifs is 6. The van der Waals surface area contributed by atoms with Gasteiger partial charge in [0.25, 0.3) is 0 Å². The number of nitrogens with two attached hydrogens (primary N) is 1. The minimum absolute atomic E-state index is 0.0797. The maximum atomic E-state index is 14.9. The van der Waals surface area contributed by atoms with Crippen LogP contribution < -0.4 is 10.6 Å². The summed E-state index contributed by atoms with van der Waals surface area (Å²) in [4.78, 5) is 29.3. The van der Waals surface area contributed by atoms with E-state index in [1.165, 1.54) is 10.8 Å². The monoisotopic (exact) mass is 721 g/mol. The normalized spacial score (nSPS) is 49.8. The highest BCUT2D eigenvalue weighted by atomic mass is 33.1. The molecule has 3 saturated heterocycles. The lowest BCUT2D eigenvalue weighted by Crippen LogP contribution is -2.95. The molecule has 13 heteroatoms. The lowest BCUT2D eigenvalue weighted by atomic mass is 9.50. The van der Waals surface area contributed by atoms with Crippen molar-refractivity contribution in [1.29, 1.82) is 0 Å². The van der Waals surface area contributed by atoms with Gasteiger partial charge in [0.15, 0.2) is 12.1 Å². The van der Waals surface area contributed by atoms with E-state index in [0.29, 0.717) is 38.0 Å². The number of quaternary nitrogens is 1. The first-order chi connectivity index (χ1) is 23.5. The molecule has 3 aliphatic heterocycles. The van der Waals surface area contributed by atoms with E-state index in [0.717, 1.165) is 50.6 Å². The molecule has 7 fully saturated rings. The molecule has 8 aliphatic rings. The predicted molar refractivity (Wildman–Crippen MR) is 183 cm³/mol. The number of piperidine rings is 1. The van der Waals surface area contributed by atoms with E-state index in [4.69, 9.17) is 9.47 Å². The van der Waals surface area contributed by atoms with Gasteiger partial charge in [-0.25, -0.2) is 0 Å². The number of carbonyl (C=O) groups excluding carboxylic acids is 2. The lowest BCUT2D eigenvalue weighted by Gasteiger charge is -2.64. The van der Waals surface area contributed by atoms with E-state index >= 15 is 0 Å². The second kappa shape index (κ2) is 12.8. The quantitative estimate of drug-likeness (QED) is 0.195. The number of nitrogens with one attached hydrogen (secondary N) is 1. The minimum atomic E-state index is -2.02. The van der Waals surface area contributed by atoms with Crippen molar-refractivity contribution in [1.82, 2.24) is 5.32 Å². The Hall–Kier alpha value is -1.00. The van der Waals surface area contributed by atoms with Gasteiger partial charge in [-0.3, -0.25) is 14.9 Å². The highest BCUT2D eigenvalue weighted by molar-refractivity contribution is 8.76. The fourth-order valence-electron chi connectivity index (χ4n) is 12.0. The topological polar surface area (TPSA) is 182 Å². The zero-order chi connectivity index (χ0) is 34.3. The number of aliphatic hydroxyl groups is 5. The van der Waals surface area contributed by atoms with Gasteiger partial charge in [0.2, 0.25) is 0 Å². The summed E-state index contributed by atoms with van der Waals surface area (Å²) in [5.74, 6) is -2.02. The summed E-state index contributed by atoms with van der Waals surface area (Å²) in [5, 5.41) is 65.5. The van der Waals surface area contributed by atoms with Gasteiger partial charge in [-0.2, -0.15) is 0 Å². The van der Waals surface area contributed by atoms with Gasteiger partial charge in [0.1, 0.15) is 46.5 Å². The van der Waals surface area contributed by atoms with Crippen LogP contribution in [0.1, 0.15) is 77.6 Å². The van der Waals surface area contributed by atoms with E-state index in [9.17, 15) is 35.1 Å². The first-order valence-corrected chi connectivity index (χ1v) is 21.0. The van der Waals surface area contributed by atoms with Crippen molar-refractivity contribution in [3.05, 3.63) is 23.5 Å². The van der Waals surface area contributed by atoms with Crippen LogP contribution in [0.3, 0.4) is 0 Å². The Balaban J connectivity index is 1.22. The molecule has 0 radical (unpaired) electrons. The van der Waals surface area contributed by atoms with Gasteiger partial charge in [0.05, 0.1) is 37.0 Å². The molecule has 8 N–H and O–H groups in total. The van der Waals surface area contributed by atoms with E-state index in [2.05, 4.69) is 10.6 Å². The SMILES string of the molecule is CC1=CC2C(=O)C3CCCC4OC5OC6(CO)CCC(C7(CCCC7)C7CC[NH2+]C(C7)NCSSCC2(C(=O)C43)C(O)=C1)C(O)(C5O)C6O. The molecule has 272 valence electrons. The fraction of sp³-hybridized carbons (Fsp3) is 0.833. The van der Waals surface area contributed by atoms with E-state index in [1.807, 2.05) is 13.0 Å². The average Bonchev–Trinajstić information content (AvgIpc) is 3.59. The molecule has 5 aliphatic carbocycles. The Kier molecular flexibility index (Phi) is 9.19. The van der Waals surface area contributed by atoms with Gasteiger partial charge >= 0.3 is 0 Å². The summed E-state index contributed by atoms with van der Waals surface area (Å²) < 4.78 is 13.0. The zero-order valence-electron chi connectivity index (χ0n) is 28.3. The summed E-state index contributed by atoms with van der Waals surface area (Å²) in [6, 6.07) is 0. The number of aliphatic hydroxyl groups excluding tert-OH is 4. The van der Waals surface area contributed by atoms with Crippen LogP contribution in [0, 0.1) is 40.4 Å². The number of hydrogen-bond donors (Lipinski definition) is 7. The third kappa shape index (κ3) is 5.07. The molecule has 2 spiro atoms. The first-order valence-electron chi connectivity index (χ1n) is 18.5. The maximum absolute atomic E-state index is 14.9. The van der Waals surface area contributed by atoms with Crippen molar-refractivity contribution in [3.8, 4) is 0 Å². The predicted octanol–water partition coefficient (Wildman–Crippen LogP) is 1.70. The Morgan fingerprint density at radius 2 is 1.86 bits per heavy atom. The number of carbonyl (C=O) groups is 2. The molecule has 0 aromatic carbocycles. The van der Waals surface area contributed by atoms with Gasteiger partial charge < -0.3 is 40.3 Å². The van der Waals surface area contributed by atoms with Crippen molar-refractivity contribution in [2.24, 2.45) is 40.4 Å². The zero-order valence-corrected chi connectivity index (χ0v) is 29.9. The lowest BCUT2D eigenvalue weighted by molar-refractivity contribution is -0.706. The molecular weight excluding hydrogens is 669 g/mol. The van der Waals surface area contributed by atoms with Crippen LogP contribution in [0.2, 0.25) is 0 Å². The van der Waals surface area contributed by atoms with E-state index < -0.39 is 71.5 Å². The number of rotatable bonds is 1. The van der Waals surface area contributed by atoms with Crippen LogP contribution >= 0.6 is 21.6 Å². The maximum Gasteiger partial charge on any atom is 0.187 e.